The number of hydrogen-bond acceptors (Lipinski definition) is 2. The molecule has 2 aromatic carbocycles. The molecule has 0 radical (unpaired) electrons. The summed E-state index contributed by atoms with van der Waals surface area (Å²) in [6.07, 6.45) is 0.532. The van der Waals surface area contributed by atoms with Gasteiger partial charge in [-0.25, -0.2) is 13.8 Å². The number of halogens is 2. The Hall–Kier alpha value is -2.27. The molecule has 0 aliphatic rings. The van der Waals surface area contributed by atoms with Crippen molar-refractivity contribution in [3.8, 4) is 0 Å². The Bertz CT molecular complexity index is 783. The van der Waals surface area contributed by atoms with Crippen LogP contribution >= 0.6 is 0 Å². The largest absolute Gasteiger partial charge is 0.388 e. The van der Waals surface area contributed by atoms with E-state index in [0.29, 0.717) is 24.4 Å². The zero-order chi connectivity index (χ0) is 14.8. The van der Waals surface area contributed by atoms with E-state index < -0.39 is 11.6 Å². The minimum absolute atomic E-state index is 0.160. The van der Waals surface area contributed by atoms with Crippen LogP contribution in [0.5, 0.6) is 0 Å². The predicted molar refractivity (Wildman–Crippen MR) is 75.7 cm³/mol. The number of rotatable bonds is 4. The highest BCUT2D eigenvalue weighted by atomic mass is 19.2. The van der Waals surface area contributed by atoms with Gasteiger partial charge in [-0.05, 0) is 36.2 Å². The Labute approximate surface area is 120 Å². The van der Waals surface area contributed by atoms with Crippen molar-refractivity contribution in [3.63, 3.8) is 0 Å². The van der Waals surface area contributed by atoms with Crippen molar-refractivity contribution in [2.75, 3.05) is 0 Å². The number of aliphatic hydroxyl groups is 1. The molecule has 3 aromatic rings. The summed E-state index contributed by atoms with van der Waals surface area (Å²) < 4.78 is 28.0. The van der Waals surface area contributed by atoms with Gasteiger partial charge in [-0.1, -0.05) is 18.2 Å². The Kier molecular flexibility index (Phi) is 3.66. The Morgan fingerprint density at radius 2 is 1.86 bits per heavy atom. The van der Waals surface area contributed by atoms with Crippen LogP contribution in [0.25, 0.3) is 11.0 Å². The van der Waals surface area contributed by atoms with Crippen LogP contribution in [0, 0.1) is 11.6 Å². The van der Waals surface area contributed by atoms with Gasteiger partial charge in [0.15, 0.2) is 11.6 Å². The summed E-state index contributed by atoms with van der Waals surface area (Å²) in [5, 5.41) is 9.40. The molecule has 0 fully saturated rings. The van der Waals surface area contributed by atoms with E-state index in [0.717, 1.165) is 17.1 Å². The third-order valence-corrected chi connectivity index (χ3v) is 3.48. The molecule has 5 heteroatoms. The lowest BCUT2D eigenvalue weighted by Crippen LogP contribution is -2.06. The third kappa shape index (κ3) is 2.64. The van der Waals surface area contributed by atoms with Gasteiger partial charge in [-0.2, -0.15) is 0 Å². The fourth-order valence-corrected chi connectivity index (χ4v) is 2.43. The van der Waals surface area contributed by atoms with Crippen LogP contribution in [0.1, 0.15) is 11.4 Å². The first-order valence-electron chi connectivity index (χ1n) is 6.68. The Morgan fingerprint density at radius 1 is 1.05 bits per heavy atom. The number of imidazole rings is 1. The smallest absolute Gasteiger partial charge is 0.159 e. The van der Waals surface area contributed by atoms with Crippen LogP contribution in [-0.4, -0.2) is 14.7 Å². The first-order valence-corrected chi connectivity index (χ1v) is 6.68. The standard InChI is InChI=1S/C16H14F2N2O/c17-12-6-5-11(9-13(12)18)7-8-20-15-4-2-1-3-14(15)19-16(20)10-21/h1-6,9,21H,7-8,10H2. The quantitative estimate of drug-likeness (QED) is 0.801. The van der Waals surface area contributed by atoms with Gasteiger partial charge in [0.25, 0.3) is 0 Å². The summed E-state index contributed by atoms with van der Waals surface area (Å²) in [6.45, 7) is 0.383. The molecule has 108 valence electrons. The lowest BCUT2D eigenvalue weighted by Gasteiger charge is -2.08. The molecule has 0 saturated carbocycles. The second-order valence-electron chi connectivity index (χ2n) is 4.82. The van der Waals surface area contributed by atoms with E-state index in [1.165, 1.54) is 6.07 Å². The summed E-state index contributed by atoms with van der Waals surface area (Å²) in [5.74, 6) is -1.12. The van der Waals surface area contributed by atoms with Gasteiger partial charge in [0.1, 0.15) is 12.4 Å². The predicted octanol–water partition coefficient (Wildman–Crippen LogP) is 3.05. The number of para-hydroxylation sites is 2. The minimum atomic E-state index is -0.845. The van der Waals surface area contributed by atoms with Crippen molar-refractivity contribution in [1.82, 2.24) is 9.55 Å². The van der Waals surface area contributed by atoms with E-state index in [2.05, 4.69) is 4.98 Å². The normalized spacial score (nSPS) is 11.2. The second-order valence-corrected chi connectivity index (χ2v) is 4.82. The van der Waals surface area contributed by atoms with Crippen molar-refractivity contribution in [2.45, 2.75) is 19.6 Å². The molecule has 21 heavy (non-hydrogen) atoms. The molecule has 1 heterocycles. The minimum Gasteiger partial charge on any atom is -0.388 e. The number of aliphatic hydroxyl groups excluding tert-OH is 1. The van der Waals surface area contributed by atoms with Gasteiger partial charge in [0.2, 0.25) is 0 Å². The summed E-state index contributed by atoms with van der Waals surface area (Å²) in [5.41, 5.74) is 2.44. The number of fused-ring (bicyclic) bond motifs is 1. The van der Waals surface area contributed by atoms with Gasteiger partial charge in [0, 0.05) is 6.54 Å². The van der Waals surface area contributed by atoms with Crippen molar-refractivity contribution in [2.24, 2.45) is 0 Å². The van der Waals surface area contributed by atoms with Crippen molar-refractivity contribution < 1.29 is 13.9 Å². The number of hydrogen-bond donors (Lipinski definition) is 1. The van der Waals surface area contributed by atoms with Gasteiger partial charge in [-0.3, -0.25) is 0 Å². The van der Waals surface area contributed by atoms with E-state index in [1.807, 2.05) is 28.8 Å². The van der Waals surface area contributed by atoms with Gasteiger partial charge in [-0.15, -0.1) is 0 Å². The fraction of sp³-hybridized carbons (Fsp3) is 0.188. The zero-order valence-electron chi connectivity index (χ0n) is 11.3. The molecule has 0 spiro atoms. The topological polar surface area (TPSA) is 38.1 Å². The van der Waals surface area contributed by atoms with E-state index in [-0.39, 0.29) is 6.61 Å². The molecule has 0 aliphatic heterocycles. The molecular weight excluding hydrogens is 274 g/mol. The van der Waals surface area contributed by atoms with E-state index in [9.17, 15) is 13.9 Å². The summed E-state index contributed by atoms with van der Waals surface area (Å²) >= 11 is 0. The van der Waals surface area contributed by atoms with Gasteiger partial charge in [0.05, 0.1) is 11.0 Å². The Morgan fingerprint density at radius 3 is 2.62 bits per heavy atom. The van der Waals surface area contributed by atoms with Crippen molar-refractivity contribution in [1.29, 1.82) is 0 Å². The molecule has 1 aromatic heterocycles. The lowest BCUT2D eigenvalue weighted by molar-refractivity contribution is 0.266. The monoisotopic (exact) mass is 288 g/mol. The molecule has 0 saturated heterocycles. The molecule has 0 amide bonds. The van der Waals surface area contributed by atoms with Crippen molar-refractivity contribution in [3.05, 3.63) is 65.5 Å². The molecule has 3 rings (SSSR count). The molecular formula is C16H14F2N2O. The van der Waals surface area contributed by atoms with Crippen LogP contribution in [-0.2, 0) is 19.6 Å². The molecule has 1 N–H and O–H groups in total. The first kappa shape index (κ1) is 13.7. The van der Waals surface area contributed by atoms with Crippen LogP contribution in [0.15, 0.2) is 42.5 Å². The van der Waals surface area contributed by atoms with Crippen LogP contribution in [0.2, 0.25) is 0 Å². The maximum absolute atomic E-state index is 13.2. The van der Waals surface area contributed by atoms with E-state index in [1.54, 1.807) is 6.07 Å². The summed E-state index contributed by atoms with van der Waals surface area (Å²) in [7, 11) is 0. The lowest BCUT2D eigenvalue weighted by atomic mass is 10.1. The first-order chi connectivity index (χ1) is 10.2. The maximum Gasteiger partial charge on any atom is 0.159 e. The third-order valence-electron chi connectivity index (χ3n) is 3.48. The van der Waals surface area contributed by atoms with Crippen LogP contribution in [0.3, 0.4) is 0 Å². The summed E-state index contributed by atoms with van der Waals surface area (Å²) in [4.78, 5) is 4.35. The van der Waals surface area contributed by atoms with E-state index in [4.69, 9.17) is 0 Å². The Balaban J connectivity index is 1.89. The van der Waals surface area contributed by atoms with E-state index >= 15 is 0 Å². The second kappa shape index (κ2) is 5.61. The SMILES string of the molecule is OCc1nc2ccccc2n1CCc1ccc(F)c(F)c1. The average molecular weight is 288 g/mol. The highest BCUT2D eigenvalue weighted by Crippen LogP contribution is 2.17. The van der Waals surface area contributed by atoms with Gasteiger partial charge < -0.3 is 9.67 Å². The molecule has 0 atom stereocenters. The highest BCUT2D eigenvalue weighted by Gasteiger charge is 2.10. The van der Waals surface area contributed by atoms with Gasteiger partial charge >= 0.3 is 0 Å². The zero-order valence-corrected chi connectivity index (χ0v) is 11.3. The number of aromatic nitrogens is 2. The summed E-state index contributed by atoms with van der Waals surface area (Å²) in [6, 6.07) is 11.5. The molecule has 3 nitrogen and oxygen atoms in total. The number of nitrogens with zero attached hydrogens (tertiary/aromatic N) is 2. The van der Waals surface area contributed by atoms with Crippen LogP contribution in [0.4, 0.5) is 8.78 Å². The average Bonchev–Trinajstić information content (AvgIpc) is 2.86. The molecule has 0 unspecified atom stereocenters. The molecule has 0 aliphatic carbocycles. The molecule has 0 bridgehead atoms. The van der Waals surface area contributed by atoms with Crippen molar-refractivity contribution >= 4 is 11.0 Å². The number of aryl methyl sites for hydroxylation is 2. The van der Waals surface area contributed by atoms with Crippen LogP contribution < -0.4 is 0 Å². The fourth-order valence-electron chi connectivity index (χ4n) is 2.43. The number of benzene rings is 2. The maximum atomic E-state index is 13.2. The highest BCUT2D eigenvalue weighted by molar-refractivity contribution is 5.75.